The van der Waals surface area contributed by atoms with Crippen LogP contribution in [0, 0.1) is 0 Å². The monoisotopic (exact) mass is 315 g/mol. The number of nitrogens with zero attached hydrogens (tertiary/aromatic N) is 2. The zero-order chi connectivity index (χ0) is 12.1. The van der Waals surface area contributed by atoms with Gasteiger partial charge in [-0.1, -0.05) is 19.3 Å². The molecule has 1 aliphatic rings. The molecule has 94 valence electrons. The second-order valence-corrected chi connectivity index (χ2v) is 6.65. The summed E-state index contributed by atoms with van der Waals surface area (Å²) in [5.74, 6) is 0.902. The van der Waals surface area contributed by atoms with Crippen LogP contribution in [-0.2, 0) is 0 Å². The van der Waals surface area contributed by atoms with Gasteiger partial charge in [0.25, 0.3) is 0 Å². The second kappa shape index (κ2) is 6.05. The first kappa shape index (κ1) is 13.1. The number of thioether (sulfide) groups is 1. The molecule has 1 fully saturated rings. The van der Waals surface area contributed by atoms with E-state index in [9.17, 15) is 0 Å². The second-order valence-electron chi connectivity index (χ2n) is 4.52. The first-order chi connectivity index (χ1) is 8.26. The average Bonchev–Trinajstić information content (AvgIpc) is 2.39. The molecule has 17 heavy (non-hydrogen) atoms. The summed E-state index contributed by atoms with van der Waals surface area (Å²) >= 11 is 5.46. The molecule has 0 unspecified atom stereocenters. The molecule has 1 aromatic heterocycles. The molecular weight excluding hydrogens is 298 g/mol. The van der Waals surface area contributed by atoms with E-state index in [0.29, 0.717) is 4.75 Å². The SMILES string of the molecule is CSC1(CNc2ncncc2Br)CCCCC1. The van der Waals surface area contributed by atoms with Gasteiger partial charge in [-0.2, -0.15) is 11.8 Å². The molecule has 1 aromatic rings. The van der Waals surface area contributed by atoms with E-state index in [-0.39, 0.29) is 0 Å². The van der Waals surface area contributed by atoms with E-state index in [2.05, 4.69) is 37.5 Å². The third-order valence-electron chi connectivity index (χ3n) is 3.44. The Labute approximate surface area is 115 Å². The van der Waals surface area contributed by atoms with Gasteiger partial charge in [-0.05, 0) is 35.0 Å². The summed E-state index contributed by atoms with van der Waals surface area (Å²) in [6.45, 7) is 0.990. The number of nitrogens with one attached hydrogen (secondary N) is 1. The van der Waals surface area contributed by atoms with Crippen molar-refractivity contribution >= 4 is 33.5 Å². The van der Waals surface area contributed by atoms with Crippen LogP contribution in [0.3, 0.4) is 0 Å². The van der Waals surface area contributed by atoms with Crippen LogP contribution < -0.4 is 5.32 Å². The Kier molecular flexibility index (Phi) is 4.68. The molecule has 3 nitrogen and oxygen atoms in total. The third kappa shape index (κ3) is 3.35. The van der Waals surface area contributed by atoms with Crippen LogP contribution in [0.1, 0.15) is 32.1 Å². The number of halogens is 1. The van der Waals surface area contributed by atoms with Crippen molar-refractivity contribution in [1.82, 2.24) is 9.97 Å². The first-order valence-electron chi connectivity index (χ1n) is 6.00. The summed E-state index contributed by atoms with van der Waals surface area (Å²) in [6.07, 6.45) is 12.3. The molecule has 0 atom stereocenters. The van der Waals surface area contributed by atoms with Gasteiger partial charge in [0.1, 0.15) is 12.1 Å². The summed E-state index contributed by atoms with van der Waals surface area (Å²) in [5.41, 5.74) is 0. The Balaban J connectivity index is 1.98. The van der Waals surface area contributed by atoms with Crippen molar-refractivity contribution in [2.45, 2.75) is 36.9 Å². The molecule has 1 saturated carbocycles. The molecule has 0 radical (unpaired) electrons. The largest absolute Gasteiger partial charge is 0.368 e. The van der Waals surface area contributed by atoms with Crippen molar-refractivity contribution in [3.63, 3.8) is 0 Å². The van der Waals surface area contributed by atoms with Gasteiger partial charge in [-0.25, -0.2) is 9.97 Å². The fourth-order valence-corrected chi connectivity index (χ4v) is 3.61. The molecule has 0 spiro atoms. The highest BCUT2D eigenvalue weighted by atomic mass is 79.9. The molecule has 0 amide bonds. The summed E-state index contributed by atoms with van der Waals surface area (Å²) in [6, 6.07) is 0. The minimum atomic E-state index is 0.392. The van der Waals surface area contributed by atoms with Crippen LogP contribution in [0.4, 0.5) is 5.82 Å². The number of hydrogen-bond donors (Lipinski definition) is 1. The van der Waals surface area contributed by atoms with Crippen molar-refractivity contribution < 1.29 is 0 Å². The van der Waals surface area contributed by atoms with Crippen LogP contribution >= 0.6 is 27.7 Å². The maximum Gasteiger partial charge on any atom is 0.143 e. The van der Waals surface area contributed by atoms with E-state index in [1.165, 1.54) is 32.1 Å². The molecule has 1 aliphatic carbocycles. The summed E-state index contributed by atoms with van der Waals surface area (Å²) in [7, 11) is 0. The predicted octanol–water partition coefficient (Wildman–Crippen LogP) is 3.72. The Hall–Kier alpha value is -0.290. The standard InChI is InChI=1S/C12H18BrN3S/c1-17-12(5-3-2-4-6-12)8-15-11-10(13)7-14-9-16-11/h7,9H,2-6,8H2,1H3,(H,14,15,16). The van der Waals surface area contributed by atoms with E-state index in [1.54, 1.807) is 12.5 Å². The Bertz CT molecular complexity index is 367. The van der Waals surface area contributed by atoms with Crippen molar-refractivity contribution in [2.24, 2.45) is 0 Å². The van der Waals surface area contributed by atoms with Gasteiger partial charge in [-0.3, -0.25) is 0 Å². The Morgan fingerprint density at radius 3 is 2.82 bits per heavy atom. The molecular formula is C12H18BrN3S. The van der Waals surface area contributed by atoms with Gasteiger partial charge in [0, 0.05) is 17.5 Å². The predicted molar refractivity (Wildman–Crippen MR) is 77.6 cm³/mol. The topological polar surface area (TPSA) is 37.8 Å². The van der Waals surface area contributed by atoms with Crippen LogP contribution in [0.5, 0.6) is 0 Å². The maximum absolute atomic E-state index is 4.25. The normalized spacial score (nSPS) is 18.9. The lowest BCUT2D eigenvalue weighted by atomic mass is 9.88. The summed E-state index contributed by atoms with van der Waals surface area (Å²) < 4.78 is 1.33. The van der Waals surface area contributed by atoms with Crippen molar-refractivity contribution in [3.05, 3.63) is 17.0 Å². The van der Waals surface area contributed by atoms with Gasteiger partial charge in [0.05, 0.1) is 4.47 Å². The Morgan fingerprint density at radius 2 is 2.18 bits per heavy atom. The lowest BCUT2D eigenvalue weighted by molar-refractivity contribution is 0.411. The third-order valence-corrected chi connectivity index (χ3v) is 5.44. The van der Waals surface area contributed by atoms with Crippen LogP contribution in [0.25, 0.3) is 0 Å². The summed E-state index contributed by atoms with van der Waals surface area (Å²) in [4.78, 5) is 8.22. The molecule has 1 heterocycles. The molecule has 0 aromatic carbocycles. The zero-order valence-electron chi connectivity index (χ0n) is 10.1. The van der Waals surface area contributed by atoms with Crippen LogP contribution in [0.15, 0.2) is 17.0 Å². The first-order valence-corrected chi connectivity index (χ1v) is 8.02. The minimum Gasteiger partial charge on any atom is -0.368 e. The Morgan fingerprint density at radius 1 is 1.41 bits per heavy atom. The fraction of sp³-hybridized carbons (Fsp3) is 0.667. The fourth-order valence-electron chi connectivity index (χ4n) is 2.34. The lowest BCUT2D eigenvalue weighted by Gasteiger charge is -2.36. The van der Waals surface area contributed by atoms with E-state index in [1.807, 2.05) is 11.8 Å². The molecule has 0 aliphatic heterocycles. The zero-order valence-corrected chi connectivity index (χ0v) is 12.5. The quantitative estimate of drug-likeness (QED) is 0.919. The van der Waals surface area contributed by atoms with Gasteiger partial charge in [-0.15, -0.1) is 0 Å². The van der Waals surface area contributed by atoms with Crippen molar-refractivity contribution in [1.29, 1.82) is 0 Å². The number of aromatic nitrogens is 2. The van der Waals surface area contributed by atoms with Gasteiger partial charge < -0.3 is 5.32 Å². The molecule has 5 heteroatoms. The van der Waals surface area contributed by atoms with E-state index in [4.69, 9.17) is 0 Å². The number of anilines is 1. The maximum atomic E-state index is 4.25. The minimum absolute atomic E-state index is 0.392. The van der Waals surface area contributed by atoms with Crippen LogP contribution in [0.2, 0.25) is 0 Å². The number of hydrogen-bond acceptors (Lipinski definition) is 4. The molecule has 2 rings (SSSR count). The van der Waals surface area contributed by atoms with E-state index >= 15 is 0 Å². The van der Waals surface area contributed by atoms with Crippen LogP contribution in [-0.4, -0.2) is 27.5 Å². The van der Waals surface area contributed by atoms with Gasteiger partial charge in [0.2, 0.25) is 0 Å². The van der Waals surface area contributed by atoms with E-state index < -0.39 is 0 Å². The highest BCUT2D eigenvalue weighted by Gasteiger charge is 2.31. The number of rotatable bonds is 4. The highest BCUT2D eigenvalue weighted by molar-refractivity contribution is 9.10. The van der Waals surface area contributed by atoms with E-state index in [0.717, 1.165) is 16.8 Å². The summed E-state index contributed by atoms with van der Waals surface area (Å²) in [5, 5.41) is 3.46. The highest BCUT2D eigenvalue weighted by Crippen LogP contribution is 2.38. The molecule has 0 saturated heterocycles. The van der Waals surface area contributed by atoms with Gasteiger partial charge >= 0.3 is 0 Å². The smallest absolute Gasteiger partial charge is 0.143 e. The van der Waals surface area contributed by atoms with Crippen molar-refractivity contribution in [2.75, 3.05) is 18.1 Å². The molecule has 1 N–H and O–H groups in total. The lowest BCUT2D eigenvalue weighted by Crippen LogP contribution is -2.35. The van der Waals surface area contributed by atoms with Gasteiger partial charge in [0.15, 0.2) is 0 Å². The average molecular weight is 316 g/mol. The van der Waals surface area contributed by atoms with Crippen molar-refractivity contribution in [3.8, 4) is 0 Å². The molecule has 0 bridgehead atoms.